The number of carbonyl (C=O) groups excluding carboxylic acids is 1. The molecule has 0 fully saturated rings. The average Bonchev–Trinajstić information content (AvgIpc) is 2.81. The molecule has 0 saturated heterocycles. The fraction of sp³-hybridized carbons (Fsp3) is 0.160. The van der Waals surface area contributed by atoms with E-state index >= 15 is 0 Å². The molecule has 3 aromatic rings. The fourth-order valence-electron chi connectivity index (χ4n) is 2.72. The number of carbonyl (C=O) groups is 1. The third kappa shape index (κ3) is 7.44. The zero-order valence-corrected chi connectivity index (χ0v) is 17.3. The van der Waals surface area contributed by atoms with Gasteiger partial charge in [-0.05, 0) is 48.5 Å². The van der Waals surface area contributed by atoms with E-state index in [1.54, 1.807) is 12.1 Å². The number of hydrogen-bond donors (Lipinski definition) is 2. The molecule has 0 unspecified atom stereocenters. The molecule has 31 heavy (non-hydrogen) atoms. The maximum Gasteiger partial charge on any atom is 0.243 e. The summed E-state index contributed by atoms with van der Waals surface area (Å²) in [6.07, 6.45) is 1.69. The van der Waals surface area contributed by atoms with Gasteiger partial charge in [0.1, 0.15) is 37.1 Å². The van der Waals surface area contributed by atoms with Crippen LogP contribution in [0, 0.1) is 0 Å². The highest BCUT2D eigenvalue weighted by molar-refractivity contribution is 5.95. The molecule has 3 aromatic carbocycles. The molecule has 1 amide bonds. The van der Waals surface area contributed by atoms with Crippen LogP contribution in [0.5, 0.6) is 17.2 Å². The van der Waals surface area contributed by atoms with E-state index in [9.17, 15) is 4.79 Å². The lowest BCUT2D eigenvalue weighted by Crippen LogP contribution is -2.22. The van der Waals surface area contributed by atoms with Gasteiger partial charge in [0.25, 0.3) is 0 Å². The van der Waals surface area contributed by atoms with E-state index in [1.807, 2.05) is 72.8 Å². The number of amides is 1. The fourth-order valence-corrected chi connectivity index (χ4v) is 2.72. The van der Waals surface area contributed by atoms with Crippen molar-refractivity contribution in [2.75, 3.05) is 37.0 Å². The Kier molecular flexibility index (Phi) is 8.37. The van der Waals surface area contributed by atoms with Gasteiger partial charge in [-0.1, -0.05) is 43.0 Å². The van der Waals surface area contributed by atoms with Gasteiger partial charge in [0.2, 0.25) is 5.91 Å². The van der Waals surface area contributed by atoms with Crippen molar-refractivity contribution >= 4 is 17.3 Å². The van der Waals surface area contributed by atoms with Crippen LogP contribution >= 0.6 is 0 Å². The van der Waals surface area contributed by atoms with Crippen LogP contribution in [0.1, 0.15) is 0 Å². The van der Waals surface area contributed by atoms with Crippen molar-refractivity contribution in [1.29, 1.82) is 0 Å². The van der Waals surface area contributed by atoms with Crippen LogP contribution < -0.4 is 24.8 Å². The molecule has 0 aliphatic carbocycles. The first-order chi connectivity index (χ1) is 15.2. The van der Waals surface area contributed by atoms with Gasteiger partial charge in [-0.2, -0.15) is 0 Å². The molecule has 160 valence electrons. The summed E-state index contributed by atoms with van der Waals surface area (Å²) < 4.78 is 16.9. The number of benzene rings is 3. The number of ether oxygens (including phenoxy) is 3. The Morgan fingerprint density at radius 3 is 2.26 bits per heavy atom. The minimum atomic E-state index is -0.177. The van der Waals surface area contributed by atoms with E-state index in [0.717, 1.165) is 17.2 Å². The summed E-state index contributed by atoms with van der Waals surface area (Å²) in [5.41, 5.74) is 1.44. The lowest BCUT2D eigenvalue weighted by Gasteiger charge is -2.13. The second kappa shape index (κ2) is 11.9. The second-order valence-corrected chi connectivity index (χ2v) is 6.53. The Labute approximate surface area is 182 Å². The van der Waals surface area contributed by atoms with Crippen LogP contribution in [0.25, 0.3) is 0 Å². The van der Waals surface area contributed by atoms with Crippen LogP contribution in [-0.4, -0.2) is 32.3 Å². The van der Waals surface area contributed by atoms with E-state index in [2.05, 4.69) is 17.2 Å². The molecule has 0 aromatic heterocycles. The third-order valence-corrected chi connectivity index (χ3v) is 4.19. The number of hydrogen-bond acceptors (Lipinski definition) is 5. The van der Waals surface area contributed by atoms with Gasteiger partial charge in [0.05, 0.1) is 12.2 Å². The van der Waals surface area contributed by atoms with Crippen LogP contribution in [0.15, 0.2) is 91.5 Å². The van der Waals surface area contributed by atoms with Crippen molar-refractivity contribution in [2.24, 2.45) is 0 Å². The molecular weight excluding hydrogens is 392 g/mol. The predicted octanol–water partition coefficient (Wildman–Crippen LogP) is 4.76. The average molecular weight is 418 g/mol. The summed E-state index contributed by atoms with van der Waals surface area (Å²) in [7, 11) is 0. The molecule has 3 rings (SSSR count). The minimum Gasteiger partial charge on any atom is -0.490 e. The highest BCUT2D eigenvalue weighted by Gasteiger charge is 2.08. The molecule has 0 saturated carbocycles. The van der Waals surface area contributed by atoms with Crippen molar-refractivity contribution in [1.82, 2.24) is 0 Å². The largest absolute Gasteiger partial charge is 0.490 e. The highest BCUT2D eigenvalue weighted by Crippen LogP contribution is 2.24. The van der Waals surface area contributed by atoms with Crippen LogP contribution in [-0.2, 0) is 4.79 Å². The molecule has 0 bridgehead atoms. The number of rotatable bonds is 12. The first-order valence-electron chi connectivity index (χ1n) is 10.0. The van der Waals surface area contributed by atoms with Gasteiger partial charge >= 0.3 is 0 Å². The van der Waals surface area contributed by atoms with E-state index < -0.39 is 0 Å². The summed E-state index contributed by atoms with van der Waals surface area (Å²) in [6, 6.07) is 24.3. The standard InChI is InChI=1S/C25H26N2O4/c1-2-16-29-22-14-12-20(13-15-22)26-19-25(28)27-23-10-6-7-11-24(23)31-18-17-30-21-8-4-3-5-9-21/h2-15,26H,1,16-19H2,(H,27,28). The first-order valence-corrected chi connectivity index (χ1v) is 10.0. The SMILES string of the molecule is C=CCOc1ccc(NCC(=O)Nc2ccccc2OCCOc2ccccc2)cc1. The molecule has 0 aliphatic heterocycles. The van der Waals surface area contributed by atoms with Gasteiger partial charge in [-0.15, -0.1) is 0 Å². The van der Waals surface area contributed by atoms with Gasteiger partial charge in [-0.3, -0.25) is 4.79 Å². The number of para-hydroxylation sites is 3. The molecule has 6 nitrogen and oxygen atoms in total. The molecule has 0 spiro atoms. The highest BCUT2D eigenvalue weighted by atomic mass is 16.5. The first kappa shape index (κ1) is 21.8. The summed E-state index contributed by atoms with van der Waals surface area (Å²) in [5, 5.41) is 5.96. The van der Waals surface area contributed by atoms with E-state index in [4.69, 9.17) is 14.2 Å². The molecule has 0 radical (unpaired) electrons. The van der Waals surface area contributed by atoms with Crippen molar-refractivity contribution in [3.8, 4) is 17.2 Å². The van der Waals surface area contributed by atoms with Gasteiger partial charge in [-0.25, -0.2) is 0 Å². The summed E-state index contributed by atoms with van der Waals surface area (Å²) in [6.45, 7) is 4.96. The predicted molar refractivity (Wildman–Crippen MR) is 123 cm³/mol. The molecule has 0 atom stereocenters. The number of anilines is 2. The molecule has 6 heteroatoms. The van der Waals surface area contributed by atoms with Crippen LogP contribution in [0.3, 0.4) is 0 Å². The number of nitrogens with one attached hydrogen (secondary N) is 2. The van der Waals surface area contributed by atoms with Gasteiger partial charge in [0, 0.05) is 5.69 Å². The Morgan fingerprint density at radius 2 is 1.48 bits per heavy atom. The zero-order chi connectivity index (χ0) is 21.7. The maximum absolute atomic E-state index is 12.4. The monoisotopic (exact) mass is 418 g/mol. The Hall–Kier alpha value is -3.93. The Bertz CT molecular complexity index is 959. The van der Waals surface area contributed by atoms with Crippen molar-refractivity contribution < 1.29 is 19.0 Å². The van der Waals surface area contributed by atoms with Crippen LogP contribution in [0.4, 0.5) is 11.4 Å². The van der Waals surface area contributed by atoms with Crippen molar-refractivity contribution in [2.45, 2.75) is 0 Å². The molecule has 0 heterocycles. The van der Waals surface area contributed by atoms with E-state index in [0.29, 0.717) is 31.3 Å². The lowest BCUT2D eigenvalue weighted by atomic mass is 10.3. The summed E-state index contributed by atoms with van der Waals surface area (Å²) in [5.74, 6) is 1.95. The van der Waals surface area contributed by atoms with Crippen molar-refractivity contribution in [3.05, 3.63) is 91.5 Å². The van der Waals surface area contributed by atoms with Crippen molar-refractivity contribution in [3.63, 3.8) is 0 Å². The van der Waals surface area contributed by atoms with Gasteiger partial charge < -0.3 is 24.8 Å². The summed E-state index contributed by atoms with van der Waals surface area (Å²) >= 11 is 0. The Balaban J connectivity index is 1.44. The molecule has 0 aliphatic rings. The lowest BCUT2D eigenvalue weighted by molar-refractivity contribution is -0.114. The zero-order valence-electron chi connectivity index (χ0n) is 17.3. The Morgan fingerprint density at radius 1 is 0.806 bits per heavy atom. The quantitative estimate of drug-likeness (QED) is 0.328. The van der Waals surface area contributed by atoms with Crippen LogP contribution in [0.2, 0.25) is 0 Å². The third-order valence-electron chi connectivity index (χ3n) is 4.19. The maximum atomic E-state index is 12.4. The summed E-state index contributed by atoms with van der Waals surface area (Å²) in [4.78, 5) is 12.4. The molecule has 2 N–H and O–H groups in total. The van der Waals surface area contributed by atoms with E-state index in [-0.39, 0.29) is 12.5 Å². The molecular formula is C25H26N2O4. The van der Waals surface area contributed by atoms with E-state index in [1.165, 1.54) is 0 Å². The van der Waals surface area contributed by atoms with Gasteiger partial charge in [0.15, 0.2) is 0 Å². The minimum absolute atomic E-state index is 0.123. The smallest absolute Gasteiger partial charge is 0.243 e. The normalized spacial score (nSPS) is 10.1. The topological polar surface area (TPSA) is 68.8 Å². The second-order valence-electron chi connectivity index (χ2n) is 6.53.